The monoisotopic (exact) mass is 268 g/mol. The van der Waals surface area contributed by atoms with Gasteiger partial charge in [0, 0.05) is 6.07 Å². The highest BCUT2D eigenvalue weighted by atomic mass is 32.2. The Bertz CT molecular complexity index is 697. The lowest BCUT2D eigenvalue weighted by Gasteiger charge is -2.15. The first kappa shape index (κ1) is 12.6. The summed E-state index contributed by atoms with van der Waals surface area (Å²) in [6.07, 6.45) is 0.281. The number of aromatic nitrogens is 1. The highest BCUT2D eigenvalue weighted by Gasteiger charge is 2.31. The van der Waals surface area contributed by atoms with Crippen molar-refractivity contribution in [2.75, 3.05) is 11.5 Å². The van der Waals surface area contributed by atoms with Gasteiger partial charge in [-0.1, -0.05) is 0 Å². The van der Waals surface area contributed by atoms with Crippen LogP contribution in [0.5, 0.6) is 5.88 Å². The van der Waals surface area contributed by atoms with Crippen molar-refractivity contribution in [1.82, 2.24) is 4.57 Å². The Hall–Kier alpha value is -1.81. The fourth-order valence-corrected chi connectivity index (χ4v) is 3.90. The number of aromatic hydroxyl groups is 1. The molecule has 7 heteroatoms. The lowest BCUT2D eigenvalue weighted by atomic mass is 10.1. The van der Waals surface area contributed by atoms with Crippen LogP contribution < -0.4 is 5.56 Å². The summed E-state index contributed by atoms with van der Waals surface area (Å²) in [4.78, 5) is 11.8. The molecular formula is C11H12N2O4S. The SMILES string of the molecule is Cc1cc(=O)n([C@@H]2CCS(=O)(=O)C2)c(O)c1C#N. The van der Waals surface area contributed by atoms with Crippen LogP contribution in [0.25, 0.3) is 0 Å². The zero-order valence-electron chi connectivity index (χ0n) is 9.75. The molecule has 0 saturated carbocycles. The topological polar surface area (TPSA) is 100 Å². The van der Waals surface area contributed by atoms with Gasteiger partial charge in [0.2, 0.25) is 5.88 Å². The van der Waals surface area contributed by atoms with E-state index in [-0.39, 0.29) is 23.5 Å². The third kappa shape index (κ3) is 1.99. The number of nitrogens with zero attached hydrogens (tertiary/aromatic N) is 2. The van der Waals surface area contributed by atoms with E-state index < -0.39 is 27.3 Å². The normalized spacial score (nSPS) is 21.7. The summed E-state index contributed by atoms with van der Waals surface area (Å²) < 4.78 is 23.8. The predicted molar refractivity (Wildman–Crippen MR) is 64.1 cm³/mol. The molecule has 1 N–H and O–H groups in total. The summed E-state index contributed by atoms with van der Waals surface area (Å²) in [5.74, 6) is -0.613. The molecule has 6 nitrogen and oxygen atoms in total. The molecule has 1 fully saturated rings. The van der Waals surface area contributed by atoms with Crippen LogP contribution in [-0.4, -0.2) is 29.6 Å². The van der Waals surface area contributed by atoms with Gasteiger partial charge in [0.1, 0.15) is 11.6 Å². The van der Waals surface area contributed by atoms with E-state index >= 15 is 0 Å². The van der Waals surface area contributed by atoms with Crippen molar-refractivity contribution in [3.05, 3.63) is 27.5 Å². The van der Waals surface area contributed by atoms with Crippen LogP contribution in [0.1, 0.15) is 23.6 Å². The van der Waals surface area contributed by atoms with E-state index in [1.54, 1.807) is 6.92 Å². The maximum atomic E-state index is 11.8. The Kier molecular flexibility index (Phi) is 2.91. The first-order valence-corrected chi connectivity index (χ1v) is 7.23. The number of rotatable bonds is 1. The van der Waals surface area contributed by atoms with Crippen molar-refractivity contribution >= 4 is 9.84 Å². The van der Waals surface area contributed by atoms with Crippen LogP contribution in [0.2, 0.25) is 0 Å². The number of sulfone groups is 1. The van der Waals surface area contributed by atoms with Gasteiger partial charge in [0.05, 0.1) is 17.5 Å². The lowest BCUT2D eigenvalue weighted by molar-refractivity contribution is 0.378. The van der Waals surface area contributed by atoms with Gasteiger partial charge in [-0.3, -0.25) is 9.36 Å². The predicted octanol–water partition coefficient (Wildman–Crippen LogP) is 0.0936. The molecular weight excluding hydrogens is 256 g/mol. The quantitative estimate of drug-likeness (QED) is 0.778. The highest BCUT2D eigenvalue weighted by Crippen LogP contribution is 2.28. The Balaban J connectivity index is 2.60. The second-order valence-corrected chi connectivity index (χ2v) is 6.63. The highest BCUT2D eigenvalue weighted by molar-refractivity contribution is 7.91. The van der Waals surface area contributed by atoms with E-state index in [1.165, 1.54) is 6.07 Å². The van der Waals surface area contributed by atoms with Crippen LogP contribution >= 0.6 is 0 Å². The molecule has 1 aliphatic rings. The largest absolute Gasteiger partial charge is 0.493 e. The van der Waals surface area contributed by atoms with E-state index in [0.29, 0.717) is 5.56 Å². The minimum Gasteiger partial charge on any atom is -0.493 e. The lowest BCUT2D eigenvalue weighted by Crippen LogP contribution is -2.26. The third-order valence-corrected chi connectivity index (χ3v) is 4.86. The van der Waals surface area contributed by atoms with Gasteiger partial charge < -0.3 is 5.11 Å². The van der Waals surface area contributed by atoms with E-state index in [1.807, 2.05) is 6.07 Å². The van der Waals surface area contributed by atoms with Crippen molar-refractivity contribution in [3.8, 4) is 11.9 Å². The average Bonchev–Trinajstić information content (AvgIpc) is 2.58. The van der Waals surface area contributed by atoms with E-state index in [0.717, 1.165) is 4.57 Å². The summed E-state index contributed by atoms with van der Waals surface area (Å²) >= 11 is 0. The molecule has 0 radical (unpaired) electrons. The van der Waals surface area contributed by atoms with Gasteiger partial charge in [0.25, 0.3) is 5.56 Å². The van der Waals surface area contributed by atoms with E-state index in [2.05, 4.69) is 0 Å². The van der Waals surface area contributed by atoms with Crippen LogP contribution in [-0.2, 0) is 9.84 Å². The Morgan fingerprint density at radius 1 is 1.56 bits per heavy atom. The summed E-state index contributed by atoms with van der Waals surface area (Å²) in [5, 5.41) is 18.8. The summed E-state index contributed by atoms with van der Waals surface area (Å²) in [6, 6.07) is 2.47. The zero-order valence-corrected chi connectivity index (χ0v) is 10.6. The van der Waals surface area contributed by atoms with Gasteiger partial charge in [-0.15, -0.1) is 0 Å². The Morgan fingerprint density at radius 2 is 2.22 bits per heavy atom. The maximum Gasteiger partial charge on any atom is 0.253 e. The Morgan fingerprint density at radius 3 is 2.72 bits per heavy atom. The van der Waals surface area contributed by atoms with Crippen molar-refractivity contribution in [1.29, 1.82) is 5.26 Å². The minimum absolute atomic E-state index is 0.000685. The molecule has 1 atom stereocenters. The molecule has 0 spiro atoms. The third-order valence-electron chi connectivity index (χ3n) is 3.11. The average molecular weight is 268 g/mol. The summed E-state index contributed by atoms with van der Waals surface area (Å²) in [7, 11) is -3.16. The van der Waals surface area contributed by atoms with Crippen LogP contribution in [0, 0.1) is 18.3 Å². The second kappa shape index (κ2) is 4.14. The fraction of sp³-hybridized carbons (Fsp3) is 0.455. The van der Waals surface area contributed by atoms with Crippen molar-refractivity contribution < 1.29 is 13.5 Å². The first-order valence-electron chi connectivity index (χ1n) is 5.41. The standard InChI is InChI=1S/C11H12N2O4S/c1-7-4-10(14)13(11(15)9(7)5-12)8-2-3-18(16,17)6-8/h4,8,15H,2-3,6H2,1H3/t8-/m1/s1. The molecule has 0 aromatic carbocycles. The number of pyridine rings is 1. The van der Waals surface area contributed by atoms with E-state index in [4.69, 9.17) is 5.26 Å². The van der Waals surface area contributed by atoms with Gasteiger partial charge in [-0.2, -0.15) is 5.26 Å². The zero-order chi connectivity index (χ0) is 13.5. The van der Waals surface area contributed by atoms with Gasteiger partial charge in [-0.05, 0) is 18.9 Å². The second-order valence-electron chi connectivity index (χ2n) is 4.40. The molecule has 0 amide bonds. The van der Waals surface area contributed by atoms with Crippen LogP contribution in [0.4, 0.5) is 0 Å². The fourth-order valence-electron chi connectivity index (χ4n) is 2.20. The van der Waals surface area contributed by atoms with E-state index in [9.17, 15) is 18.3 Å². The number of nitriles is 1. The van der Waals surface area contributed by atoms with Crippen molar-refractivity contribution in [2.45, 2.75) is 19.4 Å². The molecule has 18 heavy (non-hydrogen) atoms. The summed E-state index contributed by atoms with van der Waals surface area (Å²) in [5.41, 5.74) is -0.0814. The van der Waals surface area contributed by atoms with Crippen LogP contribution in [0.15, 0.2) is 10.9 Å². The molecule has 0 unspecified atom stereocenters. The molecule has 2 rings (SSSR count). The van der Waals surface area contributed by atoms with Gasteiger partial charge >= 0.3 is 0 Å². The summed E-state index contributed by atoms with van der Waals surface area (Å²) in [6.45, 7) is 1.55. The maximum absolute atomic E-state index is 11.8. The molecule has 1 aliphatic heterocycles. The Labute approximate surface area is 104 Å². The molecule has 0 bridgehead atoms. The molecule has 96 valence electrons. The molecule has 1 aromatic heterocycles. The van der Waals surface area contributed by atoms with Crippen molar-refractivity contribution in [2.24, 2.45) is 0 Å². The molecule has 1 saturated heterocycles. The number of aryl methyl sites for hydroxylation is 1. The van der Waals surface area contributed by atoms with Gasteiger partial charge in [-0.25, -0.2) is 8.42 Å². The molecule has 1 aromatic rings. The number of hydrogen-bond donors (Lipinski definition) is 1. The first-order chi connectivity index (χ1) is 8.35. The smallest absolute Gasteiger partial charge is 0.253 e. The van der Waals surface area contributed by atoms with Gasteiger partial charge in [0.15, 0.2) is 9.84 Å². The number of hydrogen-bond acceptors (Lipinski definition) is 5. The molecule has 0 aliphatic carbocycles. The van der Waals surface area contributed by atoms with Crippen LogP contribution in [0.3, 0.4) is 0 Å². The van der Waals surface area contributed by atoms with Crippen molar-refractivity contribution in [3.63, 3.8) is 0 Å². The minimum atomic E-state index is -3.16. The molecule has 2 heterocycles.